The van der Waals surface area contributed by atoms with Crippen LogP contribution in [0.1, 0.15) is 27.2 Å². The summed E-state index contributed by atoms with van der Waals surface area (Å²) >= 11 is 0. The van der Waals surface area contributed by atoms with E-state index in [-0.39, 0.29) is 17.0 Å². The molecule has 1 heterocycles. The minimum atomic E-state index is -0.464. The molecule has 0 bridgehead atoms. The normalized spacial score (nSPS) is 11.3. The lowest BCUT2D eigenvalue weighted by Crippen LogP contribution is -2.41. The summed E-state index contributed by atoms with van der Waals surface area (Å²) in [5.41, 5.74) is 5.41. The molecule has 0 aliphatic heterocycles. The lowest BCUT2D eigenvalue weighted by molar-refractivity contribution is -0.384. The number of nitrogen functional groups attached to an aromatic ring is 1. The van der Waals surface area contributed by atoms with Gasteiger partial charge in [-0.2, -0.15) is 0 Å². The number of nitrogens with two attached hydrogens (primary N) is 1. The van der Waals surface area contributed by atoms with Gasteiger partial charge in [-0.05, 0) is 20.3 Å². The van der Waals surface area contributed by atoms with E-state index >= 15 is 0 Å². The Morgan fingerprint density at radius 2 is 2.12 bits per heavy atom. The largest absolute Gasteiger partial charge is 0.383 e. The molecule has 0 fully saturated rings. The molecule has 94 valence electrons. The van der Waals surface area contributed by atoms with Crippen LogP contribution in [-0.2, 0) is 0 Å². The molecule has 1 aromatic heterocycles. The van der Waals surface area contributed by atoms with E-state index in [0.29, 0.717) is 5.82 Å². The Labute approximate surface area is 101 Å². The van der Waals surface area contributed by atoms with E-state index in [1.165, 1.54) is 12.1 Å². The van der Waals surface area contributed by atoms with Gasteiger partial charge in [0.05, 0.1) is 17.1 Å². The van der Waals surface area contributed by atoms with Crippen molar-refractivity contribution in [2.75, 3.05) is 17.7 Å². The maximum atomic E-state index is 10.8. The summed E-state index contributed by atoms with van der Waals surface area (Å²) in [5, 5.41) is 10.8. The molecule has 2 N–H and O–H groups in total. The average Bonchev–Trinajstić information content (AvgIpc) is 2.27. The maximum absolute atomic E-state index is 10.8. The highest BCUT2D eigenvalue weighted by atomic mass is 16.6. The molecule has 0 aliphatic rings. The van der Waals surface area contributed by atoms with E-state index in [9.17, 15) is 10.1 Å². The van der Waals surface area contributed by atoms with Gasteiger partial charge in [0.25, 0.3) is 5.69 Å². The highest BCUT2D eigenvalue weighted by molar-refractivity contribution is 5.54. The zero-order chi connectivity index (χ0) is 13.2. The molecule has 0 unspecified atom stereocenters. The van der Waals surface area contributed by atoms with Crippen molar-refractivity contribution < 1.29 is 4.92 Å². The second kappa shape index (κ2) is 4.57. The number of aromatic nitrogens is 1. The highest BCUT2D eigenvalue weighted by Gasteiger charge is 2.24. The van der Waals surface area contributed by atoms with Crippen LogP contribution in [0.15, 0.2) is 12.1 Å². The number of pyridine rings is 1. The quantitative estimate of drug-likeness (QED) is 0.642. The van der Waals surface area contributed by atoms with Gasteiger partial charge < -0.3 is 10.6 Å². The standard InChI is InChI=1S/C11H18N4O2/c1-5-11(2,3)14(4)10-7-8(15(16)17)6-9(12)13-10/h6-7H,5H2,1-4H3,(H2,12,13). The van der Waals surface area contributed by atoms with Gasteiger partial charge in [-0.25, -0.2) is 4.98 Å². The number of rotatable bonds is 4. The molecule has 17 heavy (non-hydrogen) atoms. The van der Waals surface area contributed by atoms with E-state index in [4.69, 9.17) is 5.73 Å². The van der Waals surface area contributed by atoms with Crippen molar-refractivity contribution in [3.8, 4) is 0 Å². The van der Waals surface area contributed by atoms with Gasteiger partial charge in [0.2, 0.25) is 0 Å². The number of nitrogens with zero attached hydrogens (tertiary/aromatic N) is 3. The zero-order valence-corrected chi connectivity index (χ0v) is 10.6. The summed E-state index contributed by atoms with van der Waals surface area (Å²) in [6, 6.07) is 2.70. The van der Waals surface area contributed by atoms with Gasteiger partial charge in [-0.1, -0.05) is 6.92 Å². The van der Waals surface area contributed by atoms with Gasteiger partial charge in [0.15, 0.2) is 0 Å². The topological polar surface area (TPSA) is 85.3 Å². The van der Waals surface area contributed by atoms with Gasteiger partial charge in [0, 0.05) is 12.6 Å². The lowest BCUT2D eigenvalue weighted by atomic mass is 10.00. The molecule has 0 amide bonds. The molecule has 1 aromatic rings. The second-order valence-corrected chi connectivity index (χ2v) is 4.59. The van der Waals surface area contributed by atoms with Gasteiger partial charge in [-0.3, -0.25) is 10.1 Å². The molecule has 0 aliphatic carbocycles. The first kappa shape index (κ1) is 13.2. The molecule has 0 saturated heterocycles. The Balaban J connectivity index is 3.18. The summed E-state index contributed by atoms with van der Waals surface area (Å²) in [6.07, 6.45) is 0.897. The Morgan fingerprint density at radius 1 is 1.53 bits per heavy atom. The van der Waals surface area contributed by atoms with Crippen molar-refractivity contribution in [3.05, 3.63) is 22.2 Å². The van der Waals surface area contributed by atoms with E-state index in [1.54, 1.807) is 0 Å². The van der Waals surface area contributed by atoms with Crippen molar-refractivity contribution in [3.63, 3.8) is 0 Å². The predicted molar refractivity (Wildman–Crippen MR) is 68.1 cm³/mol. The number of anilines is 2. The molecule has 0 saturated carbocycles. The molecular weight excluding hydrogens is 220 g/mol. The van der Waals surface area contributed by atoms with Crippen LogP contribution in [0.2, 0.25) is 0 Å². The van der Waals surface area contributed by atoms with E-state index in [0.717, 1.165) is 6.42 Å². The van der Waals surface area contributed by atoms with Crippen molar-refractivity contribution in [1.29, 1.82) is 0 Å². The first-order valence-corrected chi connectivity index (χ1v) is 5.43. The SMILES string of the molecule is CCC(C)(C)N(C)c1cc([N+](=O)[O-])cc(N)n1. The zero-order valence-electron chi connectivity index (χ0n) is 10.6. The third kappa shape index (κ3) is 2.83. The molecular formula is C11H18N4O2. The first-order valence-electron chi connectivity index (χ1n) is 5.43. The lowest BCUT2D eigenvalue weighted by Gasteiger charge is -2.35. The van der Waals surface area contributed by atoms with Crippen LogP contribution in [0.5, 0.6) is 0 Å². The molecule has 0 atom stereocenters. The maximum Gasteiger partial charge on any atom is 0.276 e. The number of hydrogen-bond acceptors (Lipinski definition) is 5. The van der Waals surface area contributed by atoms with Crippen LogP contribution in [-0.4, -0.2) is 22.5 Å². The minimum absolute atomic E-state index is 0.0359. The van der Waals surface area contributed by atoms with E-state index in [2.05, 4.69) is 11.9 Å². The summed E-state index contributed by atoms with van der Waals surface area (Å²) in [7, 11) is 1.86. The van der Waals surface area contributed by atoms with Crippen molar-refractivity contribution in [2.45, 2.75) is 32.7 Å². The van der Waals surface area contributed by atoms with Crippen molar-refractivity contribution >= 4 is 17.3 Å². The third-order valence-corrected chi connectivity index (χ3v) is 3.14. The summed E-state index contributed by atoms with van der Waals surface area (Å²) in [5.74, 6) is 0.677. The molecule has 6 heteroatoms. The van der Waals surface area contributed by atoms with E-state index in [1.807, 2.05) is 25.8 Å². The molecule has 0 radical (unpaired) electrons. The Bertz CT molecular complexity index is 431. The molecule has 6 nitrogen and oxygen atoms in total. The van der Waals surface area contributed by atoms with Crippen molar-refractivity contribution in [2.24, 2.45) is 0 Å². The molecule has 1 rings (SSSR count). The molecule has 0 spiro atoms. The average molecular weight is 238 g/mol. The second-order valence-electron chi connectivity index (χ2n) is 4.59. The van der Waals surface area contributed by atoms with Crippen LogP contribution in [0.3, 0.4) is 0 Å². The predicted octanol–water partition coefficient (Wildman–Crippen LogP) is 2.20. The Morgan fingerprint density at radius 3 is 2.59 bits per heavy atom. The van der Waals surface area contributed by atoms with Crippen LogP contribution < -0.4 is 10.6 Å². The van der Waals surface area contributed by atoms with Crippen LogP contribution in [0.25, 0.3) is 0 Å². The Kier molecular flexibility index (Phi) is 3.55. The van der Waals surface area contributed by atoms with E-state index < -0.39 is 4.92 Å². The van der Waals surface area contributed by atoms with Crippen molar-refractivity contribution in [1.82, 2.24) is 4.98 Å². The fourth-order valence-corrected chi connectivity index (χ4v) is 1.35. The van der Waals surface area contributed by atoms with Crippen LogP contribution in [0.4, 0.5) is 17.3 Å². The number of nitro groups is 1. The Hall–Kier alpha value is -1.85. The van der Waals surface area contributed by atoms with Crippen LogP contribution >= 0.6 is 0 Å². The van der Waals surface area contributed by atoms with Gasteiger partial charge >= 0.3 is 0 Å². The minimum Gasteiger partial charge on any atom is -0.383 e. The monoisotopic (exact) mass is 238 g/mol. The van der Waals surface area contributed by atoms with Gasteiger partial charge in [-0.15, -0.1) is 0 Å². The highest BCUT2D eigenvalue weighted by Crippen LogP contribution is 2.27. The fraction of sp³-hybridized carbons (Fsp3) is 0.545. The fourth-order valence-electron chi connectivity index (χ4n) is 1.35. The summed E-state index contributed by atoms with van der Waals surface area (Å²) < 4.78 is 0. The smallest absolute Gasteiger partial charge is 0.276 e. The summed E-state index contributed by atoms with van der Waals surface area (Å²) in [6.45, 7) is 6.14. The van der Waals surface area contributed by atoms with Gasteiger partial charge in [0.1, 0.15) is 11.6 Å². The number of hydrogen-bond donors (Lipinski definition) is 1. The summed E-state index contributed by atoms with van der Waals surface area (Å²) in [4.78, 5) is 16.3. The van der Waals surface area contributed by atoms with Crippen LogP contribution in [0, 0.1) is 10.1 Å². The molecule has 0 aromatic carbocycles. The first-order chi connectivity index (χ1) is 7.77. The third-order valence-electron chi connectivity index (χ3n) is 3.14.